The van der Waals surface area contributed by atoms with E-state index in [9.17, 15) is 19.1 Å². The molecule has 190 valence electrons. The van der Waals surface area contributed by atoms with E-state index in [-0.39, 0.29) is 48.2 Å². The molecule has 36 heavy (non-hydrogen) atoms. The highest BCUT2D eigenvalue weighted by molar-refractivity contribution is 5.89. The number of aromatic hydroxyl groups is 1. The van der Waals surface area contributed by atoms with Gasteiger partial charge in [-0.2, -0.15) is 0 Å². The number of halogens is 1. The largest absolute Gasteiger partial charge is 0.508 e. The lowest BCUT2D eigenvalue weighted by Crippen LogP contribution is -2.64. The van der Waals surface area contributed by atoms with Crippen LogP contribution in [0.2, 0.25) is 0 Å². The number of piperazine rings is 1. The first-order valence-corrected chi connectivity index (χ1v) is 12.2. The maximum absolute atomic E-state index is 14.4. The second-order valence-electron chi connectivity index (χ2n) is 9.59. The second kappa shape index (κ2) is 11.0. The molecule has 4 rings (SSSR count). The lowest BCUT2D eigenvalue weighted by Gasteiger charge is -2.45. The van der Waals surface area contributed by atoms with Crippen molar-refractivity contribution in [1.82, 2.24) is 15.1 Å². The second-order valence-corrected chi connectivity index (χ2v) is 9.59. The van der Waals surface area contributed by atoms with Crippen LogP contribution in [0.4, 0.5) is 4.39 Å². The Kier molecular flexibility index (Phi) is 7.74. The Labute approximate surface area is 210 Å². The number of rotatable bonds is 7. The Morgan fingerprint density at radius 2 is 1.86 bits per heavy atom. The molecule has 8 heteroatoms. The van der Waals surface area contributed by atoms with E-state index in [1.165, 1.54) is 18.2 Å². The third kappa shape index (κ3) is 5.60. The molecule has 2 heterocycles. The third-order valence-corrected chi connectivity index (χ3v) is 6.52. The zero-order chi connectivity index (χ0) is 25.8. The van der Waals surface area contributed by atoms with Crippen molar-refractivity contribution in [3.05, 3.63) is 77.8 Å². The van der Waals surface area contributed by atoms with Gasteiger partial charge in [0.05, 0.1) is 6.26 Å². The fourth-order valence-electron chi connectivity index (χ4n) is 4.65. The van der Waals surface area contributed by atoms with Gasteiger partial charge in [0.15, 0.2) is 0 Å². The summed E-state index contributed by atoms with van der Waals surface area (Å²) in [6, 6.07) is 14.6. The van der Waals surface area contributed by atoms with Gasteiger partial charge in [-0.05, 0) is 36.8 Å². The summed E-state index contributed by atoms with van der Waals surface area (Å²) in [6.45, 7) is 6.67. The van der Waals surface area contributed by atoms with Crippen LogP contribution in [0.3, 0.4) is 0 Å². The van der Waals surface area contributed by atoms with Crippen molar-refractivity contribution >= 4 is 11.8 Å². The van der Waals surface area contributed by atoms with E-state index in [1.807, 2.05) is 62.1 Å². The molecule has 0 unspecified atom stereocenters. The summed E-state index contributed by atoms with van der Waals surface area (Å²) in [6.07, 6.45) is 1.62. The lowest BCUT2D eigenvalue weighted by molar-refractivity contribution is -0.150. The van der Waals surface area contributed by atoms with E-state index in [0.717, 1.165) is 16.9 Å². The lowest BCUT2D eigenvalue weighted by atomic mass is 10.0. The van der Waals surface area contributed by atoms with E-state index in [2.05, 4.69) is 5.32 Å². The number of carbonyl (C=O) groups is 2. The molecule has 1 aliphatic rings. The van der Waals surface area contributed by atoms with Crippen molar-refractivity contribution in [3.63, 3.8) is 0 Å². The molecule has 1 fully saturated rings. The minimum absolute atomic E-state index is 0.0983. The molecular formula is C28H32FN3O4. The number of nitrogens with zero attached hydrogens (tertiary/aromatic N) is 2. The number of nitrogens with one attached hydrogen (secondary N) is 1. The number of carbonyl (C=O) groups excluding carboxylic acids is 2. The van der Waals surface area contributed by atoms with Crippen LogP contribution in [0.5, 0.6) is 5.75 Å². The van der Waals surface area contributed by atoms with Crippen molar-refractivity contribution in [2.24, 2.45) is 5.92 Å². The molecule has 1 aliphatic heterocycles. The van der Waals surface area contributed by atoms with Gasteiger partial charge in [-0.25, -0.2) is 4.39 Å². The Bertz CT molecular complexity index is 1170. The molecule has 7 nitrogen and oxygen atoms in total. The van der Waals surface area contributed by atoms with Crippen LogP contribution in [0.15, 0.2) is 65.3 Å². The molecule has 3 aromatic rings. The summed E-state index contributed by atoms with van der Waals surface area (Å²) >= 11 is 0. The van der Waals surface area contributed by atoms with Crippen molar-refractivity contribution in [2.45, 2.75) is 45.9 Å². The molecule has 1 saturated heterocycles. The Morgan fingerprint density at radius 3 is 2.50 bits per heavy atom. The SMILES string of the molecule is CC(C)C(=O)N1[C@H](C)CN(Cc2c(O)cccc2F)C[C@@H]1C(=O)NCc1ccc(-c2ccco2)cc1. The molecule has 0 saturated carbocycles. The van der Waals surface area contributed by atoms with Gasteiger partial charge < -0.3 is 19.7 Å². The summed E-state index contributed by atoms with van der Waals surface area (Å²) in [5.74, 6) is -0.485. The summed E-state index contributed by atoms with van der Waals surface area (Å²) in [7, 11) is 0. The number of phenols is 1. The van der Waals surface area contributed by atoms with Crippen LogP contribution < -0.4 is 5.32 Å². The Hall–Kier alpha value is -3.65. The number of benzene rings is 2. The molecule has 0 spiro atoms. The number of hydrogen-bond acceptors (Lipinski definition) is 5. The molecule has 2 N–H and O–H groups in total. The van der Waals surface area contributed by atoms with Gasteiger partial charge in [-0.3, -0.25) is 14.5 Å². The van der Waals surface area contributed by atoms with Crippen LogP contribution in [0.25, 0.3) is 11.3 Å². The van der Waals surface area contributed by atoms with Crippen LogP contribution in [-0.2, 0) is 22.7 Å². The highest BCUT2D eigenvalue weighted by atomic mass is 19.1. The van der Waals surface area contributed by atoms with Gasteiger partial charge in [0.25, 0.3) is 0 Å². The predicted octanol–water partition coefficient (Wildman–Crippen LogP) is 4.17. The van der Waals surface area contributed by atoms with Crippen molar-refractivity contribution < 1.29 is 23.5 Å². The molecule has 2 atom stereocenters. The minimum atomic E-state index is -0.736. The molecule has 2 amide bonds. The fraction of sp³-hybridized carbons (Fsp3) is 0.357. The summed E-state index contributed by atoms with van der Waals surface area (Å²) in [5.41, 5.74) is 2.04. The third-order valence-electron chi connectivity index (χ3n) is 6.52. The monoisotopic (exact) mass is 493 g/mol. The minimum Gasteiger partial charge on any atom is -0.508 e. The normalized spacial score (nSPS) is 18.4. The van der Waals surface area contributed by atoms with E-state index >= 15 is 0 Å². The highest BCUT2D eigenvalue weighted by Gasteiger charge is 2.40. The maximum atomic E-state index is 14.4. The zero-order valence-corrected chi connectivity index (χ0v) is 20.8. The maximum Gasteiger partial charge on any atom is 0.244 e. The molecule has 2 aromatic carbocycles. The summed E-state index contributed by atoms with van der Waals surface area (Å²) in [4.78, 5) is 30.0. The quantitative estimate of drug-likeness (QED) is 0.516. The number of phenolic OH excluding ortho intramolecular Hbond substituents is 1. The molecule has 1 aromatic heterocycles. The fourth-order valence-corrected chi connectivity index (χ4v) is 4.65. The number of hydrogen-bond donors (Lipinski definition) is 2. The van der Waals surface area contributed by atoms with Gasteiger partial charge in [0.1, 0.15) is 23.4 Å². The van der Waals surface area contributed by atoms with Gasteiger partial charge in [0, 0.05) is 49.3 Å². The van der Waals surface area contributed by atoms with Crippen LogP contribution in [0, 0.1) is 11.7 Å². The summed E-state index contributed by atoms with van der Waals surface area (Å²) in [5, 5.41) is 13.1. The van der Waals surface area contributed by atoms with E-state index < -0.39 is 11.9 Å². The molecule has 0 radical (unpaired) electrons. The number of furan rings is 1. The first kappa shape index (κ1) is 25.4. The van der Waals surface area contributed by atoms with E-state index in [1.54, 1.807) is 11.2 Å². The molecule has 0 bridgehead atoms. The van der Waals surface area contributed by atoms with Crippen LogP contribution in [-0.4, -0.2) is 51.9 Å². The smallest absolute Gasteiger partial charge is 0.244 e. The van der Waals surface area contributed by atoms with E-state index in [4.69, 9.17) is 4.42 Å². The first-order valence-electron chi connectivity index (χ1n) is 12.2. The zero-order valence-electron chi connectivity index (χ0n) is 20.8. The molecular weight excluding hydrogens is 461 g/mol. The number of amides is 2. The van der Waals surface area contributed by atoms with Crippen LogP contribution in [0.1, 0.15) is 31.9 Å². The van der Waals surface area contributed by atoms with Gasteiger partial charge in [0.2, 0.25) is 11.8 Å². The average Bonchev–Trinajstić information content (AvgIpc) is 3.39. The highest BCUT2D eigenvalue weighted by Crippen LogP contribution is 2.26. The average molecular weight is 494 g/mol. The van der Waals surface area contributed by atoms with Crippen molar-refractivity contribution in [1.29, 1.82) is 0 Å². The van der Waals surface area contributed by atoms with Crippen molar-refractivity contribution in [2.75, 3.05) is 13.1 Å². The molecule has 0 aliphatic carbocycles. The topological polar surface area (TPSA) is 86.0 Å². The standard InChI is InChI=1S/C28H32FN3O4/c1-18(2)28(35)32-19(3)15-31(16-22-23(29)6-4-7-25(22)33)17-24(32)27(34)30-14-20-9-11-21(12-10-20)26-8-5-13-36-26/h4-13,18-19,24,33H,14-17H2,1-3H3,(H,30,34)/t19-,24-/m1/s1. The Balaban J connectivity index is 1.48. The van der Waals surface area contributed by atoms with Crippen molar-refractivity contribution in [3.8, 4) is 17.1 Å². The predicted molar refractivity (Wildman–Crippen MR) is 134 cm³/mol. The van der Waals surface area contributed by atoms with Gasteiger partial charge in [-0.15, -0.1) is 0 Å². The van der Waals surface area contributed by atoms with Gasteiger partial charge >= 0.3 is 0 Å². The van der Waals surface area contributed by atoms with E-state index in [0.29, 0.717) is 13.1 Å². The van der Waals surface area contributed by atoms with Gasteiger partial charge in [-0.1, -0.05) is 44.2 Å². The summed E-state index contributed by atoms with van der Waals surface area (Å²) < 4.78 is 19.8. The Morgan fingerprint density at radius 1 is 1.11 bits per heavy atom. The van der Waals surface area contributed by atoms with Crippen LogP contribution >= 0.6 is 0 Å². The first-order chi connectivity index (χ1) is 17.2.